The van der Waals surface area contributed by atoms with Gasteiger partial charge in [-0.1, -0.05) is 12.1 Å². The number of amides is 2. The maximum atomic E-state index is 12.2. The Morgan fingerprint density at radius 3 is 2.83 bits per heavy atom. The first-order valence-corrected chi connectivity index (χ1v) is 7.27. The van der Waals surface area contributed by atoms with Crippen molar-refractivity contribution in [3.8, 4) is 5.75 Å². The van der Waals surface area contributed by atoms with Crippen LogP contribution in [0.4, 0.5) is 23.7 Å². The van der Waals surface area contributed by atoms with Crippen molar-refractivity contribution >= 4 is 11.7 Å². The molecule has 1 saturated heterocycles. The van der Waals surface area contributed by atoms with Gasteiger partial charge in [-0.15, -0.1) is 0 Å². The van der Waals surface area contributed by atoms with E-state index in [1.54, 1.807) is 24.3 Å². The molecule has 1 aliphatic rings. The summed E-state index contributed by atoms with van der Waals surface area (Å²) >= 11 is 0. The molecule has 1 atom stereocenters. The molecule has 8 heteroatoms. The van der Waals surface area contributed by atoms with Crippen molar-refractivity contribution in [1.29, 1.82) is 0 Å². The Hall–Kier alpha value is -1.96. The van der Waals surface area contributed by atoms with E-state index < -0.39 is 25.2 Å². The minimum absolute atomic E-state index is 0.0870. The van der Waals surface area contributed by atoms with Crippen LogP contribution in [-0.2, 0) is 4.74 Å². The van der Waals surface area contributed by atoms with Gasteiger partial charge in [0.1, 0.15) is 11.9 Å². The molecule has 0 spiro atoms. The zero-order chi connectivity index (χ0) is 16.9. The van der Waals surface area contributed by atoms with E-state index in [2.05, 4.69) is 5.32 Å². The second-order valence-corrected chi connectivity index (χ2v) is 5.32. The van der Waals surface area contributed by atoms with Crippen LogP contribution in [-0.4, -0.2) is 50.0 Å². The minimum Gasteiger partial charge on any atom is -0.486 e. The van der Waals surface area contributed by atoms with E-state index in [9.17, 15) is 18.0 Å². The molecule has 0 radical (unpaired) electrons. The second kappa shape index (κ2) is 7.54. The number of rotatable bonds is 5. The molecule has 1 aliphatic heterocycles. The molecule has 0 aromatic heterocycles. The van der Waals surface area contributed by atoms with Gasteiger partial charge in [-0.25, -0.2) is 4.79 Å². The number of ether oxygens (including phenoxy) is 2. The van der Waals surface area contributed by atoms with Gasteiger partial charge in [-0.2, -0.15) is 13.2 Å². The molecule has 2 rings (SSSR count). The molecular weight excluding hydrogens is 313 g/mol. The fraction of sp³-hybridized carbons (Fsp3) is 0.533. The molecule has 128 valence electrons. The molecule has 2 amide bonds. The van der Waals surface area contributed by atoms with Gasteiger partial charge in [0.15, 0.2) is 0 Å². The summed E-state index contributed by atoms with van der Waals surface area (Å²) in [7, 11) is 1.31. The lowest BCUT2D eigenvalue weighted by atomic mass is 10.2. The van der Waals surface area contributed by atoms with E-state index in [4.69, 9.17) is 9.47 Å². The van der Waals surface area contributed by atoms with Crippen LogP contribution in [0.2, 0.25) is 0 Å². The molecule has 5 nitrogen and oxygen atoms in total. The van der Waals surface area contributed by atoms with Gasteiger partial charge < -0.3 is 19.7 Å². The number of hydrogen-bond acceptors (Lipinski definition) is 3. The zero-order valence-electron chi connectivity index (χ0n) is 12.7. The highest BCUT2D eigenvalue weighted by atomic mass is 19.4. The van der Waals surface area contributed by atoms with E-state index in [0.717, 1.165) is 11.3 Å². The van der Waals surface area contributed by atoms with Crippen molar-refractivity contribution in [2.75, 3.05) is 32.1 Å². The van der Waals surface area contributed by atoms with Crippen LogP contribution in [0.5, 0.6) is 5.75 Å². The Bertz CT molecular complexity index is 531. The molecule has 1 unspecified atom stereocenters. The molecule has 0 saturated carbocycles. The monoisotopic (exact) mass is 332 g/mol. The molecule has 1 N–H and O–H groups in total. The number of carbonyl (C=O) groups excluding carboxylic acids is 1. The fourth-order valence-electron chi connectivity index (χ4n) is 2.06. The number of anilines is 1. The van der Waals surface area contributed by atoms with E-state index in [0.29, 0.717) is 24.7 Å². The molecule has 23 heavy (non-hydrogen) atoms. The highest BCUT2D eigenvalue weighted by molar-refractivity contribution is 5.90. The van der Waals surface area contributed by atoms with E-state index in [-0.39, 0.29) is 6.10 Å². The topological polar surface area (TPSA) is 50.8 Å². The van der Waals surface area contributed by atoms with Crippen LogP contribution < -0.4 is 10.1 Å². The van der Waals surface area contributed by atoms with Crippen molar-refractivity contribution < 1.29 is 27.4 Å². The van der Waals surface area contributed by atoms with Crippen LogP contribution >= 0.6 is 0 Å². The first kappa shape index (κ1) is 17.4. The van der Waals surface area contributed by atoms with Gasteiger partial charge in [0.2, 0.25) is 0 Å². The van der Waals surface area contributed by atoms with Crippen LogP contribution in [0, 0.1) is 0 Å². The van der Waals surface area contributed by atoms with Crippen LogP contribution in [0.1, 0.15) is 12.8 Å². The number of carbonyl (C=O) groups is 1. The first-order valence-electron chi connectivity index (χ1n) is 7.27. The van der Waals surface area contributed by atoms with E-state index >= 15 is 0 Å². The number of benzene rings is 1. The smallest absolute Gasteiger partial charge is 0.390 e. The third-order valence-corrected chi connectivity index (χ3v) is 3.39. The molecule has 1 fully saturated rings. The number of alkyl halides is 3. The SMILES string of the molecule is CN(CCC(F)(F)F)C(=O)Nc1ccccc1OC1CCOC1. The third-order valence-electron chi connectivity index (χ3n) is 3.39. The Morgan fingerprint density at radius 1 is 1.43 bits per heavy atom. The molecule has 0 aliphatic carbocycles. The predicted octanol–water partition coefficient (Wildman–Crippen LogP) is 3.27. The summed E-state index contributed by atoms with van der Waals surface area (Å²) in [6.45, 7) is 0.696. The Balaban J connectivity index is 1.94. The van der Waals surface area contributed by atoms with Gasteiger partial charge >= 0.3 is 12.2 Å². The van der Waals surface area contributed by atoms with E-state index in [1.165, 1.54) is 7.05 Å². The lowest BCUT2D eigenvalue weighted by molar-refractivity contribution is -0.135. The predicted molar refractivity (Wildman–Crippen MR) is 78.6 cm³/mol. The summed E-state index contributed by atoms with van der Waals surface area (Å²) in [6, 6.07) is 6.19. The van der Waals surface area contributed by atoms with Gasteiger partial charge in [0, 0.05) is 20.0 Å². The Kier molecular flexibility index (Phi) is 5.70. The summed E-state index contributed by atoms with van der Waals surface area (Å²) < 4.78 is 47.6. The van der Waals surface area contributed by atoms with Crippen molar-refractivity contribution in [2.45, 2.75) is 25.1 Å². The number of halogens is 3. The number of nitrogens with one attached hydrogen (secondary N) is 1. The minimum atomic E-state index is -4.29. The first-order chi connectivity index (χ1) is 10.8. The number of nitrogens with zero attached hydrogens (tertiary/aromatic N) is 1. The lowest BCUT2D eigenvalue weighted by Gasteiger charge is -2.21. The average Bonchev–Trinajstić information content (AvgIpc) is 2.99. The summed E-state index contributed by atoms with van der Waals surface area (Å²) in [5.41, 5.74) is 0.420. The van der Waals surface area contributed by atoms with Gasteiger partial charge in [0.05, 0.1) is 25.3 Å². The highest BCUT2D eigenvalue weighted by Crippen LogP contribution is 2.27. The maximum absolute atomic E-state index is 12.2. The summed E-state index contributed by atoms with van der Waals surface area (Å²) in [4.78, 5) is 13.0. The van der Waals surface area contributed by atoms with Gasteiger partial charge in [-0.05, 0) is 12.1 Å². The summed E-state index contributed by atoms with van der Waals surface area (Å²) in [5.74, 6) is 0.473. The molecule has 1 aromatic carbocycles. The maximum Gasteiger partial charge on any atom is 0.390 e. The molecular formula is C15H19F3N2O3. The quantitative estimate of drug-likeness (QED) is 0.900. The number of urea groups is 1. The van der Waals surface area contributed by atoms with Crippen LogP contribution in [0.3, 0.4) is 0 Å². The van der Waals surface area contributed by atoms with Crippen molar-refractivity contribution in [3.05, 3.63) is 24.3 Å². The van der Waals surface area contributed by atoms with Crippen molar-refractivity contribution in [2.24, 2.45) is 0 Å². The number of hydrogen-bond donors (Lipinski definition) is 1. The van der Waals surface area contributed by atoms with Gasteiger partial charge in [0.25, 0.3) is 0 Å². The van der Waals surface area contributed by atoms with Crippen molar-refractivity contribution in [3.63, 3.8) is 0 Å². The molecule has 1 heterocycles. The molecule has 0 bridgehead atoms. The largest absolute Gasteiger partial charge is 0.486 e. The second-order valence-electron chi connectivity index (χ2n) is 5.32. The zero-order valence-corrected chi connectivity index (χ0v) is 12.7. The Labute approximate surface area is 132 Å². The lowest BCUT2D eigenvalue weighted by Crippen LogP contribution is -2.34. The van der Waals surface area contributed by atoms with Crippen molar-refractivity contribution in [1.82, 2.24) is 4.90 Å². The third kappa shape index (κ3) is 5.63. The van der Waals surface area contributed by atoms with E-state index in [1.807, 2.05) is 0 Å². The molecule has 1 aromatic rings. The van der Waals surface area contributed by atoms with Gasteiger partial charge in [-0.3, -0.25) is 0 Å². The summed E-state index contributed by atoms with van der Waals surface area (Å²) in [5, 5.41) is 2.57. The Morgan fingerprint density at radius 2 is 2.17 bits per heavy atom. The standard InChI is InChI=1S/C15H19F3N2O3/c1-20(8-7-15(16,17)18)14(21)19-12-4-2-3-5-13(12)23-11-6-9-22-10-11/h2-5,11H,6-10H2,1H3,(H,19,21). The summed E-state index contributed by atoms with van der Waals surface area (Å²) in [6.07, 6.45) is -4.67. The van der Waals surface area contributed by atoms with Crippen LogP contribution in [0.25, 0.3) is 0 Å². The average molecular weight is 332 g/mol. The van der Waals surface area contributed by atoms with Crippen LogP contribution in [0.15, 0.2) is 24.3 Å². The highest BCUT2D eigenvalue weighted by Gasteiger charge is 2.28. The number of para-hydroxylation sites is 2. The fourth-order valence-corrected chi connectivity index (χ4v) is 2.06. The normalized spacial score (nSPS) is 17.8.